The quantitative estimate of drug-likeness (QED) is 0.904. The number of hydrogen-bond donors (Lipinski definition) is 1. The van der Waals surface area contributed by atoms with Crippen molar-refractivity contribution in [3.63, 3.8) is 0 Å². The van der Waals surface area contributed by atoms with E-state index in [0.717, 1.165) is 10.4 Å². The second-order valence-electron chi connectivity index (χ2n) is 4.32. The van der Waals surface area contributed by atoms with Gasteiger partial charge in [-0.2, -0.15) is 4.31 Å². The second kappa shape index (κ2) is 5.84. The maximum Gasteiger partial charge on any atom is 0.341 e. The molecule has 0 aliphatic rings. The molecule has 0 aliphatic heterocycles. The highest BCUT2D eigenvalue weighted by molar-refractivity contribution is 7.89. The Kier molecular flexibility index (Phi) is 4.82. The lowest BCUT2D eigenvalue weighted by Gasteiger charge is -2.23. The summed E-state index contributed by atoms with van der Waals surface area (Å²) in [6.45, 7) is 3.37. The van der Waals surface area contributed by atoms with Crippen molar-refractivity contribution in [1.82, 2.24) is 4.31 Å². The van der Waals surface area contributed by atoms with Crippen molar-refractivity contribution in [2.75, 3.05) is 7.05 Å². The van der Waals surface area contributed by atoms with Crippen LogP contribution in [0.15, 0.2) is 17.0 Å². The average molecular weight is 307 g/mol. The molecular formula is C12H15F2NO4S. The lowest BCUT2D eigenvalue weighted by molar-refractivity contribution is 0.0685. The van der Waals surface area contributed by atoms with Crippen molar-refractivity contribution in [2.24, 2.45) is 0 Å². The molecule has 1 unspecified atom stereocenters. The van der Waals surface area contributed by atoms with Crippen LogP contribution in [0.2, 0.25) is 0 Å². The van der Waals surface area contributed by atoms with E-state index >= 15 is 0 Å². The minimum absolute atomic E-state index is 0.405. The average Bonchev–Trinajstić information content (AvgIpc) is 2.36. The Morgan fingerprint density at radius 3 is 2.40 bits per heavy atom. The first kappa shape index (κ1) is 16.5. The zero-order chi connectivity index (χ0) is 15.7. The molecule has 0 amide bonds. The first-order valence-corrected chi connectivity index (χ1v) is 7.27. The van der Waals surface area contributed by atoms with Crippen LogP contribution in [0, 0.1) is 11.6 Å². The van der Waals surface area contributed by atoms with Gasteiger partial charge in [0.2, 0.25) is 10.0 Å². The van der Waals surface area contributed by atoms with E-state index in [2.05, 4.69) is 0 Å². The van der Waals surface area contributed by atoms with Gasteiger partial charge in [-0.15, -0.1) is 0 Å². The van der Waals surface area contributed by atoms with E-state index in [-0.39, 0.29) is 0 Å². The van der Waals surface area contributed by atoms with Crippen LogP contribution in [-0.4, -0.2) is 36.9 Å². The van der Waals surface area contributed by atoms with E-state index in [1.807, 2.05) is 0 Å². The molecule has 0 fully saturated rings. The summed E-state index contributed by atoms with van der Waals surface area (Å²) < 4.78 is 52.6. The zero-order valence-electron chi connectivity index (χ0n) is 11.2. The summed E-state index contributed by atoms with van der Waals surface area (Å²) in [5.74, 6) is -4.77. The summed E-state index contributed by atoms with van der Waals surface area (Å²) in [5.41, 5.74) is -1.27. The Morgan fingerprint density at radius 2 is 1.95 bits per heavy atom. The predicted octanol–water partition coefficient (Wildman–Crippen LogP) is 2.08. The standard InChI is InChI=1S/C12H15F2NO4S/c1-4-7(2)15(3)20(18,19)9-6-5-8(13)10(11(9)14)12(16)17/h5-7H,4H2,1-3H3,(H,16,17). The van der Waals surface area contributed by atoms with Crippen LogP contribution in [0.5, 0.6) is 0 Å². The molecule has 1 atom stereocenters. The van der Waals surface area contributed by atoms with Gasteiger partial charge in [-0.1, -0.05) is 6.92 Å². The third kappa shape index (κ3) is 2.80. The minimum atomic E-state index is -4.23. The summed E-state index contributed by atoms with van der Waals surface area (Å²) in [5, 5.41) is 8.74. The van der Waals surface area contributed by atoms with Gasteiger partial charge in [-0.25, -0.2) is 22.0 Å². The van der Waals surface area contributed by atoms with Crippen molar-refractivity contribution < 1.29 is 27.1 Å². The maximum absolute atomic E-state index is 14.0. The van der Waals surface area contributed by atoms with E-state index in [4.69, 9.17) is 5.11 Å². The number of rotatable bonds is 5. The van der Waals surface area contributed by atoms with Gasteiger partial charge in [0, 0.05) is 13.1 Å². The van der Waals surface area contributed by atoms with E-state index in [9.17, 15) is 22.0 Å². The number of benzene rings is 1. The summed E-state index contributed by atoms with van der Waals surface area (Å²) in [6, 6.07) is 0.951. The molecule has 1 N–H and O–H groups in total. The topological polar surface area (TPSA) is 74.7 Å². The van der Waals surface area contributed by atoms with E-state index in [1.165, 1.54) is 7.05 Å². The number of carboxylic acid groups (broad SMARTS) is 1. The molecule has 8 heteroatoms. The third-order valence-electron chi connectivity index (χ3n) is 3.14. The second-order valence-corrected chi connectivity index (χ2v) is 6.28. The van der Waals surface area contributed by atoms with Crippen LogP contribution in [-0.2, 0) is 10.0 Å². The van der Waals surface area contributed by atoms with Gasteiger partial charge < -0.3 is 5.11 Å². The molecule has 0 aliphatic carbocycles. The van der Waals surface area contributed by atoms with Gasteiger partial charge in [0.15, 0.2) is 5.82 Å². The van der Waals surface area contributed by atoms with Crippen LogP contribution >= 0.6 is 0 Å². The Bertz CT molecular complexity index is 631. The Labute approximate surface area is 115 Å². The lowest BCUT2D eigenvalue weighted by Crippen LogP contribution is -2.35. The van der Waals surface area contributed by atoms with Gasteiger partial charge >= 0.3 is 5.97 Å². The number of carboxylic acids is 1. The van der Waals surface area contributed by atoms with E-state index < -0.39 is 44.1 Å². The first-order chi connectivity index (χ1) is 9.14. The Hall–Kier alpha value is -1.54. The normalized spacial score (nSPS) is 13.5. The third-order valence-corrected chi connectivity index (χ3v) is 5.13. The summed E-state index contributed by atoms with van der Waals surface area (Å²) >= 11 is 0. The molecule has 0 radical (unpaired) electrons. The lowest BCUT2D eigenvalue weighted by atomic mass is 10.2. The molecule has 20 heavy (non-hydrogen) atoms. The molecule has 0 spiro atoms. The van der Waals surface area contributed by atoms with Gasteiger partial charge in [-0.05, 0) is 25.5 Å². The highest BCUT2D eigenvalue weighted by Gasteiger charge is 2.31. The van der Waals surface area contributed by atoms with Gasteiger partial charge in [0.05, 0.1) is 0 Å². The fourth-order valence-electron chi connectivity index (χ4n) is 1.58. The molecule has 1 rings (SSSR count). The molecule has 0 heterocycles. The number of halogens is 2. The monoisotopic (exact) mass is 307 g/mol. The largest absolute Gasteiger partial charge is 0.477 e. The number of hydrogen-bond acceptors (Lipinski definition) is 3. The fourth-order valence-corrected chi connectivity index (χ4v) is 3.08. The van der Waals surface area contributed by atoms with Crippen LogP contribution in [0.4, 0.5) is 8.78 Å². The summed E-state index contributed by atoms with van der Waals surface area (Å²) in [7, 11) is -2.97. The molecular weight excluding hydrogens is 292 g/mol. The number of nitrogens with zero attached hydrogens (tertiary/aromatic N) is 1. The zero-order valence-corrected chi connectivity index (χ0v) is 12.0. The van der Waals surface area contributed by atoms with Crippen molar-refractivity contribution in [2.45, 2.75) is 31.2 Å². The smallest absolute Gasteiger partial charge is 0.341 e. The van der Waals surface area contributed by atoms with Gasteiger partial charge in [0.25, 0.3) is 0 Å². The Morgan fingerprint density at radius 1 is 1.40 bits per heavy atom. The molecule has 0 aromatic heterocycles. The molecule has 0 saturated carbocycles. The maximum atomic E-state index is 14.0. The van der Waals surface area contributed by atoms with Gasteiger partial charge in [-0.3, -0.25) is 0 Å². The highest BCUT2D eigenvalue weighted by atomic mass is 32.2. The van der Waals surface area contributed by atoms with Crippen molar-refractivity contribution in [1.29, 1.82) is 0 Å². The molecule has 0 saturated heterocycles. The number of carbonyl (C=O) groups is 1. The SMILES string of the molecule is CCC(C)N(C)S(=O)(=O)c1ccc(F)c(C(=O)O)c1F. The van der Waals surface area contributed by atoms with E-state index in [1.54, 1.807) is 13.8 Å². The summed E-state index contributed by atoms with van der Waals surface area (Å²) in [4.78, 5) is 9.95. The van der Waals surface area contributed by atoms with Crippen molar-refractivity contribution in [3.05, 3.63) is 29.3 Å². The van der Waals surface area contributed by atoms with E-state index in [0.29, 0.717) is 12.5 Å². The fraction of sp³-hybridized carbons (Fsp3) is 0.417. The first-order valence-electron chi connectivity index (χ1n) is 5.83. The Balaban J connectivity index is 3.48. The molecule has 1 aromatic rings. The molecule has 1 aromatic carbocycles. The predicted molar refractivity (Wildman–Crippen MR) is 68.0 cm³/mol. The molecule has 5 nitrogen and oxygen atoms in total. The van der Waals surface area contributed by atoms with Crippen molar-refractivity contribution >= 4 is 16.0 Å². The number of sulfonamides is 1. The van der Waals surface area contributed by atoms with Crippen molar-refractivity contribution in [3.8, 4) is 0 Å². The highest BCUT2D eigenvalue weighted by Crippen LogP contribution is 2.25. The molecule has 112 valence electrons. The number of aromatic carboxylic acids is 1. The van der Waals surface area contributed by atoms with Crippen LogP contribution in [0.1, 0.15) is 30.6 Å². The van der Waals surface area contributed by atoms with Crippen LogP contribution in [0.25, 0.3) is 0 Å². The summed E-state index contributed by atoms with van der Waals surface area (Å²) in [6.07, 6.45) is 0.490. The van der Waals surface area contributed by atoms with Crippen LogP contribution < -0.4 is 0 Å². The minimum Gasteiger partial charge on any atom is -0.477 e. The van der Waals surface area contributed by atoms with Gasteiger partial charge in [0.1, 0.15) is 16.3 Å². The van der Waals surface area contributed by atoms with Crippen LogP contribution in [0.3, 0.4) is 0 Å². The molecule has 0 bridgehead atoms.